The third kappa shape index (κ3) is 6.23. The molecule has 4 rings (SSSR count). The number of aromatic nitrogens is 2. The zero-order chi connectivity index (χ0) is 26.1. The summed E-state index contributed by atoms with van der Waals surface area (Å²) in [7, 11) is 1.68. The van der Waals surface area contributed by atoms with Gasteiger partial charge >= 0.3 is 0 Å². The van der Waals surface area contributed by atoms with E-state index in [1.54, 1.807) is 7.11 Å². The molecule has 0 spiro atoms. The molecule has 1 aromatic heterocycles. The van der Waals surface area contributed by atoms with Crippen LogP contribution in [-0.4, -0.2) is 45.8 Å². The maximum Gasteiger partial charge on any atom is 0.290 e. The second kappa shape index (κ2) is 13.1. The zero-order valence-corrected chi connectivity index (χ0v) is 21.3. The topological polar surface area (TPSA) is 114 Å². The van der Waals surface area contributed by atoms with E-state index in [2.05, 4.69) is 22.9 Å². The van der Waals surface area contributed by atoms with Crippen molar-refractivity contribution in [3.63, 3.8) is 0 Å². The highest BCUT2D eigenvalue weighted by Crippen LogP contribution is 2.40. The molecule has 36 heavy (non-hydrogen) atoms. The molecule has 1 fully saturated rings. The number of carbonyl (C=O) groups excluding carboxylic acids is 1. The zero-order valence-electron chi connectivity index (χ0n) is 21.3. The molecule has 0 bridgehead atoms. The number of carbonyl (C=O) groups is 2. The molecule has 1 amide bonds. The lowest BCUT2D eigenvalue weighted by molar-refractivity contribution is -0.122. The van der Waals surface area contributed by atoms with Crippen LogP contribution in [-0.2, 0) is 16.0 Å². The molecule has 1 saturated carbocycles. The summed E-state index contributed by atoms with van der Waals surface area (Å²) in [6.07, 6.45) is 6.05. The van der Waals surface area contributed by atoms with Crippen molar-refractivity contribution in [2.45, 2.75) is 70.6 Å². The second-order valence-electron chi connectivity index (χ2n) is 9.52. The van der Waals surface area contributed by atoms with Crippen LogP contribution in [0.15, 0.2) is 42.5 Å². The third-order valence-electron chi connectivity index (χ3n) is 6.98. The summed E-state index contributed by atoms with van der Waals surface area (Å²) in [6, 6.07) is 14.2. The normalized spacial score (nSPS) is 19.0. The van der Waals surface area contributed by atoms with Crippen LogP contribution in [0.1, 0.15) is 75.0 Å². The summed E-state index contributed by atoms with van der Waals surface area (Å²) in [5, 5.41) is 21.1. The van der Waals surface area contributed by atoms with E-state index in [0.29, 0.717) is 17.8 Å². The Morgan fingerprint density at radius 3 is 2.56 bits per heavy atom. The number of ether oxygens (including phenoxy) is 1. The predicted octanol–water partition coefficient (Wildman–Crippen LogP) is 4.65. The van der Waals surface area contributed by atoms with Crippen molar-refractivity contribution in [2.24, 2.45) is 5.92 Å². The molecule has 4 unspecified atom stereocenters. The number of carboxylic acid groups (broad SMARTS) is 1. The molecule has 8 heteroatoms. The van der Waals surface area contributed by atoms with Gasteiger partial charge in [-0.2, -0.15) is 0 Å². The smallest absolute Gasteiger partial charge is 0.290 e. The Hall–Kier alpha value is -3.39. The molecule has 8 nitrogen and oxygen atoms in total. The van der Waals surface area contributed by atoms with E-state index in [9.17, 15) is 9.90 Å². The highest BCUT2D eigenvalue weighted by atomic mass is 16.5. The minimum absolute atomic E-state index is 0.0538. The SMILES string of the molecule is COc1ccc2c(nc(C(O)c3ccccc3)n2C2CCCC(C)C2)c1CCC(C)NC=O.O=CO. The number of imidazole rings is 1. The van der Waals surface area contributed by atoms with Gasteiger partial charge in [-0.15, -0.1) is 0 Å². The number of amides is 1. The van der Waals surface area contributed by atoms with Gasteiger partial charge in [0.2, 0.25) is 6.41 Å². The maximum atomic E-state index is 11.4. The molecule has 4 atom stereocenters. The van der Waals surface area contributed by atoms with Gasteiger partial charge in [-0.3, -0.25) is 9.59 Å². The minimum atomic E-state index is -0.801. The van der Waals surface area contributed by atoms with Crippen molar-refractivity contribution in [3.8, 4) is 5.75 Å². The van der Waals surface area contributed by atoms with Crippen molar-refractivity contribution in [2.75, 3.05) is 7.11 Å². The first-order chi connectivity index (χ1) is 17.4. The number of nitrogens with one attached hydrogen (secondary N) is 1. The van der Waals surface area contributed by atoms with Crippen LogP contribution >= 0.6 is 0 Å². The number of aliphatic hydroxyl groups is 1. The number of aryl methyl sites for hydroxylation is 1. The van der Waals surface area contributed by atoms with E-state index in [1.165, 1.54) is 12.8 Å². The molecule has 0 saturated heterocycles. The highest BCUT2D eigenvalue weighted by molar-refractivity contribution is 5.83. The Morgan fingerprint density at radius 1 is 1.19 bits per heavy atom. The first-order valence-electron chi connectivity index (χ1n) is 12.5. The number of rotatable bonds is 9. The van der Waals surface area contributed by atoms with Crippen LogP contribution in [0.4, 0.5) is 0 Å². The molecule has 3 N–H and O–H groups in total. The van der Waals surface area contributed by atoms with Crippen molar-refractivity contribution in [3.05, 3.63) is 59.4 Å². The van der Waals surface area contributed by atoms with Gasteiger partial charge in [0, 0.05) is 17.6 Å². The van der Waals surface area contributed by atoms with E-state index in [4.69, 9.17) is 19.6 Å². The first kappa shape index (κ1) is 27.2. The van der Waals surface area contributed by atoms with Gasteiger partial charge in [-0.25, -0.2) is 4.98 Å². The lowest BCUT2D eigenvalue weighted by Gasteiger charge is -2.30. The summed E-state index contributed by atoms with van der Waals surface area (Å²) in [6.45, 7) is 4.06. The van der Waals surface area contributed by atoms with Crippen molar-refractivity contribution in [1.82, 2.24) is 14.9 Å². The summed E-state index contributed by atoms with van der Waals surface area (Å²) >= 11 is 0. The number of benzene rings is 2. The Morgan fingerprint density at radius 2 is 1.92 bits per heavy atom. The number of aliphatic hydroxyl groups excluding tert-OH is 1. The molecule has 1 aliphatic carbocycles. The first-order valence-corrected chi connectivity index (χ1v) is 12.5. The molecule has 3 aromatic rings. The number of hydrogen-bond donors (Lipinski definition) is 3. The Kier molecular flexibility index (Phi) is 9.87. The molecule has 0 radical (unpaired) electrons. The van der Waals surface area contributed by atoms with Gasteiger partial charge in [0.05, 0.1) is 18.1 Å². The van der Waals surface area contributed by atoms with Crippen LogP contribution in [0.3, 0.4) is 0 Å². The maximum absolute atomic E-state index is 11.4. The molecular weight excluding hydrogens is 458 g/mol. The third-order valence-corrected chi connectivity index (χ3v) is 6.98. The van der Waals surface area contributed by atoms with E-state index in [-0.39, 0.29) is 12.5 Å². The van der Waals surface area contributed by atoms with Crippen LogP contribution in [0.25, 0.3) is 11.0 Å². The van der Waals surface area contributed by atoms with Crippen LogP contribution in [0.5, 0.6) is 5.75 Å². The van der Waals surface area contributed by atoms with Crippen molar-refractivity contribution < 1.29 is 24.5 Å². The average molecular weight is 496 g/mol. The van der Waals surface area contributed by atoms with Gasteiger partial charge in [0.15, 0.2) is 0 Å². The summed E-state index contributed by atoms with van der Waals surface area (Å²) in [5.41, 5.74) is 3.80. The molecule has 0 aliphatic heterocycles. The van der Waals surface area contributed by atoms with Crippen LogP contribution in [0.2, 0.25) is 0 Å². The standard InChI is InChI=1S/C27H35N3O3.CH2O2/c1-18-8-7-11-21(16-18)30-23-14-15-24(33-3)22(13-12-19(2)28-17-31)25(23)29-27(30)26(32)20-9-5-4-6-10-20;2-1-3/h4-6,9-10,14-15,17-19,21,26,32H,7-8,11-13,16H2,1-3H3,(H,28,31);1H,(H,2,3). The monoisotopic (exact) mass is 495 g/mol. The fourth-order valence-corrected chi connectivity index (χ4v) is 5.21. The molecule has 2 aromatic carbocycles. The lowest BCUT2D eigenvalue weighted by Crippen LogP contribution is -2.24. The van der Waals surface area contributed by atoms with Gasteiger partial charge < -0.3 is 24.8 Å². The molecule has 1 aliphatic rings. The van der Waals surface area contributed by atoms with Gasteiger partial charge in [-0.1, -0.05) is 50.1 Å². The Balaban J connectivity index is 0.00000115. The minimum Gasteiger partial charge on any atom is -0.496 e. The lowest BCUT2D eigenvalue weighted by atomic mass is 9.86. The molecule has 194 valence electrons. The van der Waals surface area contributed by atoms with E-state index >= 15 is 0 Å². The number of fused-ring (bicyclic) bond motifs is 1. The number of hydrogen-bond acceptors (Lipinski definition) is 5. The average Bonchev–Trinajstić information content (AvgIpc) is 3.27. The van der Waals surface area contributed by atoms with Crippen molar-refractivity contribution in [1.29, 1.82) is 0 Å². The molecular formula is C28H37N3O5. The van der Waals surface area contributed by atoms with Gasteiger partial charge in [-0.05, 0) is 56.2 Å². The van der Waals surface area contributed by atoms with Gasteiger partial charge in [0.1, 0.15) is 17.7 Å². The summed E-state index contributed by atoms with van der Waals surface area (Å²) < 4.78 is 7.99. The summed E-state index contributed by atoms with van der Waals surface area (Å²) in [4.78, 5) is 24.3. The van der Waals surface area contributed by atoms with E-state index < -0.39 is 6.10 Å². The largest absolute Gasteiger partial charge is 0.496 e. The predicted molar refractivity (Wildman–Crippen MR) is 139 cm³/mol. The fraction of sp³-hybridized carbons (Fsp3) is 0.464. The Labute approximate surface area is 212 Å². The number of methoxy groups -OCH3 is 1. The second-order valence-corrected chi connectivity index (χ2v) is 9.52. The Bertz CT molecular complexity index is 1130. The molecule has 1 heterocycles. The van der Waals surface area contributed by atoms with E-state index in [0.717, 1.165) is 60.0 Å². The summed E-state index contributed by atoms with van der Waals surface area (Å²) in [5.74, 6) is 2.14. The van der Waals surface area contributed by atoms with Crippen LogP contribution in [0, 0.1) is 5.92 Å². The van der Waals surface area contributed by atoms with Gasteiger partial charge in [0.25, 0.3) is 6.47 Å². The highest BCUT2D eigenvalue weighted by Gasteiger charge is 2.29. The number of nitrogens with zero attached hydrogens (tertiary/aromatic N) is 2. The quantitative estimate of drug-likeness (QED) is 0.373. The van der Waals surface area contributed by atoms with Crippen molar-refractivity contribution >= 4 is 23.9 Å². The van der Waals surface area contributed by atoms with E-state index in [1.807, 2.05) is 43.3 Å². The van der Waals surface area contributed by atoms with Crippen LogP contribution < -0.4 is 10.1 Å². The fourth-order valence-electron chi connectivity index (χ4n) is 5.21.